The quantitative estimate of drug-likeness (QED) is 0.596. The van der Waals surface area contributed by atoms with E-state index in [4.69, 9.17) is 4.74 Å². The van der Waals surface area contributed by atoms with Crippen molar-refractivity contribution in [1.82, 2.24) is 9.97 Å². The van der Waals surface area contributed by atoms with Crippen molar-refractivity contribution in [3.63, 3.8) is 0 Å². The number of rotatable bonds is 6. The van der Waals surface area contributed by atoms with Crippen LogP contribution in [0.2, 0.25) is 0 Å². The van der Waals surface area contributed by atoms with Crippen molar-refractivity contribution >= 4 is 38.3 Å². The van der Waals surface area contributed by atoms with Crippen LogP contribution in [0.3, 0.4) is 0 Å². The van der Waals surface area contributed by atoms with E-state index in [2.05, 4.69) is 38.1 Å². The van der Waals surface area contributed by atoms with Gasteiger partial charge in [-0.15, -0.1) is 0 Å². The molecule has 3 aromatic rings. The van der Waals surface area contributed by atoms with Gasteiger partial charge in [-0.05, 0) is 36.8 Å². The molecule has 5 heteroatoms. The van der Waals surface area contributed by atoms with Gasteiger partial charge >= 0.3 is 0 Å². The molecule has 118 valence electrons. The van der Waals surface area contributed by atoms with Gasteiger partial charge < -0.3 is 10.1 Å². The first kappa shape index (κ1) is 15.7. The van der Waals surface area contributed by atoms with Gasteiger partial charge in [-0.1, -0.05) is 41.4 Å². The highest BCUT2D eigenvalue weighted by molar-refractivity contribution is 9.10. The Morgan fingerprint density at radius 3 is 2.87 bits per heavy atom. The number of benzene rings is 2. The van der Waals surface area contributed by atoms with Gasteiger partial charge in [-0.25, -0.2) is 9.97 Å². The fourth-order valence-electron chi connectivity index (χ4n) is 2.28. The van der Waals surface area contributed by atoms with E-state index in [1.807, 2.05) is 42.5 Å². The number of hydrogen-bond donors (Lipinski definition) is 1. The van der Waals surface area contributed by atoms with Gasteiger partial charge in [0.05, 0.1) is 17.8 Å². The van der Waals surface area contributed by atoms with Crippen molar-refractivity contribution in [2.45, 2.75) is 19.8 Å². The van der Waals surface area contributed by atoms with Gasteiger partial charge in [0.2, 0.25) is 0 Å². The third-order valence-electron chi connectivity index (χ3n) is 3.49. The summed E-state index contributed by atoms with van der Waals surface area (Å²) in [6.45, 7) is 2.86. The lowest BCUT2D eigenvalue weighted by Gasteiger charge is -2.13. The molecule has 2 aromatic carbocycles. The Labute approximate surface area is 144 Å². The summed E-state index contributed by atoms with van der Waals surface area (Å²) in [5, 5.41) is 4.34. The normalized spacial score (nSPS) is 10.7. The minimum Gasteiger partial charge on any atom is -0.491 e. The molecule has 0 aliphatic heterocycles. The van der Waals surface area contributed by atoms with Crippen LogP contribution in [0.1, 0.15) is 19.8 Å². The Morgan fingerprint density at radius 2 is 2.00 bits per heavy atom. The summed E-state index contributed by atoms with van der Waals surface area (Å²) < 4.78 is 6.87. The summed E-state index contributed by atoms with van der Waals surface area (Å²) in [6, 6.07) is 13.9. The van der Waals surface area contributed by atoms with Gasteiger partial charge in [-0.3, -0.25) is 0 Å². The largest absolute Gasteiger partial charge is 0.491 e. The van der Waals surface area contributed by atoms with Gasteiger partial charge in [0.15, 0.2) is 0 Å². The van der Waals surface area contributed by atoms with Gasteiger partial charge in [0.25, 0.3) is 0 Å². The second-order valence-corrected chi connectivity index (χ2v) is 6.12. The molecule has 1 aromatic heterocycles. The highest BCUT2D eigenvalue weighted by Crippen LogP contribution is 2.30. The summed E-state index contributed by atoms with van der Waals surface area (Å²) in [6.07, 6.45) is 3.72. The molecule has 0 amide bonds. The highest BCUT2D eigenvalue weighted by Gasteiger charge is 2.08. The maximum atomic E-state index is 5.87. The molecule has 3 rings (SSSR count). The number of nitrogens with one attached hydrogen (secondary N) is 1. The number of unbranched alkanes of at least 4 members (excludes halogenated alkanes) is 1. The average molecular weight is 372 g/mol. The monoisotopic (exact) mass is 371 g/mol. The minimum absolute atomic E-state index is 0.714. The smallest absolute Gasteiger partial charge is 0.142 e. The lowest BCUT2D eigenvalue weighted by Crippen LogP contribution is -2.01. The Hall–Kier alpha value is -2.14. The molecule has 4 nitrogen and oxygen atoms in total. The second-order valence-electron chi connectivity index (χ2n) is 5.21. The van der Waals surface area contributed by atoms with Crippen molar-refractivity contribution in [1.29, 1.82) is 0 Å². The molecule has 23 heavy (non-hydrogen) atoms. The molecule has 0 aliphatic carbocycles. The minimum atomic E-state index is 0.714. The fourth-order valence-corrected chi connectivity index (χ4v) is 2.64. The molecule has 1 heterocycles. The van der Waals surface area contributed by atoms with Crippen LogP contribution in [0, 0.1) is 0 Å². The van der Waals surface area contributed by atoms with E-state index in [-0.39, 0.29) is 0 Å². The summed E-state index contributed by atoms with van der Waals surface area (Å²) in [5.41, 5.74) is 1.80. The standard InChI is InChI=1S/C18H18BrN3O/c1-2-3-10-23-17-7-5-4-6-16(17)22-18-14-11-13(19)8-9-15(14)20-12-21-18/h4-9,11-12H,2-3,10H2,1H3,(H,20,21,22). The molecule has 0 aliphatic rings. The van der Waals surface area contributed by atoms with Gasteiger partial charge in [-0.2, -0.15) is 0 Å². The molecule has 0 saturated heterocycles. The number of para-hydroxylation sites is 2. The van der Waals surface area contributed by atoms with E-state index in [1.165, 1.54) is 0 Å². The SMILES string of the molecule is CCCCOc1ccccc1Nc1ncnc2ccc(Br)cc12. The number of fused-ring (bicyclic) bond motifs is 1. The average Bonchev–Trinajstić information content (AvgIpc) is 2.57. The molecule has 1 N–H and O–H groups in total. The molecule has 0 unspecified atom stereocenters. The van der Waals surface area contributed by atoms with Crippen LogP contribution < -0.4 is 10.1 Å². The third-order valence-corrected chi connectivity index (χ3v) is 3.99. The van der Waals surface area contributed by atoms with Crippen LogP contribution in [0.5, 0.6) is 5.75 Å². The molecule has 0 spiro atoms. The molecular weight excluding hydrogens is 354 g/mol. The lowest BCUT2D eigenvalue weighted by molar-refractivity contribution is 0.311. The predicted molar refractivity (Wildman–Crippen MR) is 97.4 cm³/mol. The Bertz CT molecular complexity index is 807. The van der Waals surface area contributed by atoms with E-state index in [0.717, 1.165) is 45.5 Å². The number of nitrogens with zero attached hydrogens (tertiary/aromatic N) is 2. The van der Waals surface area contributed by atoms with Crippen LogP contribution in [0.25, 0.3) is 10.9 Å². The zero-order chi connectivity index (χ0) is 16.1. The van der Waals surface area contributed by atoms with Gasteiger partial charge in [0.1, 0.15) is 17.9 Å². The lowest BCUT2D eigenvalue weighted by atomic mass is 10.2. The molecule has 0 bridgehead atoms. The number of anilines is 2. The van der Waals surface area contributed by atoms with Crippen LogP contribution >= 0.6 is 15.9 Å². The van der Waals surface area contributed by atoms with Crippen LogP contribution in [-0.4, -0.2) is 16.6 Å². The van der Waals surface area contributed by atoms with Crippen LogP contribution in [-0.2, 0) is 0 Å². The Balaban J connectivity index is 1.92. The molecule has 0 radical (unpaired) electrons. The number of ether oxygens (including phenoxy) is 1. The zero-order valence-electron chi connectivity index (χ0n) is 12.9. The Morgan fingerprint density at radius 1 is 1.13 bits per heavy atom. The predicted octanol–water partition coefficient (Wildman–Crippen LogP) is 5.31. The molecule has 0 fully saturated rings. The summed E-state index contributed by atoms with van der Waals surface area (Å²) in [7, 11) is 0. The van der Waals surface area contributed by atoms with E-state index in [0.29, 0.717) is 6.61 Å². The van der Waals surface area contributed by atoms with Crippen LogP contribution in [0.4, 0.5) is 11.5 Å². The first-order chi connectivity index (χ1) is 11.3. The van der Waals surface area contributed by atoms with E-state index in [9.17, 15) is 0 Å². The molecular formula is C18H18BrN3O. The van der Waals surface area contributed by atoms with Crippen LogP contribution in [0.15, 0.2) is 53.3 Å². The molecule has 0 atom stereocenters. The number of aromatic nitrogens is 2. The highest BCUT2D eigenvalue weighted by atomic mass is 79.9. The van der Waals surface area contributed by atoms with E-state index >= 15 is 0 Å². The van der Waals surface area contributed by atoms with Gasteiger partial charge in [0, 0.05) is 9.86 Å². The summed E-state index contributed by atoms with van der Waals surface area (Å²) >= 11 is 3.50. The summed E-state index contributed by atoms with van der Waals surface area (Å²) in [5.74, 6) is 1.60. The zero-order valence-corrected chi connectivity index (χ0v) is 14.5. The maximum Gasteiger partial charge on any atom is 0.142 e. The van der Waals surface area contributed by atoms with Crippen molar-refractivity contribution in [2.24, 2.45) is 0 Å². The van der Waals surface area contributed by atoms with E-state index < -0.39 is 0 Å². The maximum absolute atomic E-state index is 5.87. The van der Waals surface area contributed by atoms with Crippen molar-refractivity contribution in [2.75, 3.05) is 11.9 Å². The van der Waals surface area contributed by atoms with Crippen molar-refractivity contribution in [3.05, 3.63) is 53.3 Å². The second kappa shape index (κ2) is 7.42. The van der Waals surface area contributed by atoms with Crippen molar-refractivity contribution in [3.8, 4) is 5.75 Å². The third kappa shape index (κ3) is 3.79. The van der Waals surface area contributed by atoms with Crippen molar-refractivity contribution < 1.29 is 4.74 Å². The summed E-state index contributed by atoms with van der Waals surface area (Å²) in [4.78, 5) is 8.69. The molecule has 0 saturated carbocycles. The number of hydrogen-bond acceptors (Lipinski definition) is 4. The first-order valence-corrected chi connectivity index (χ1v) is 8.46. The fraction of sp³-hybridized carbons (Fsp3) is 0.222. The Kier molecular flexibility index (Phi) is 5.08. The first-order valence-electron chi connectivity index (χ1n) is 7.67. The topological polar surface area (TPSA) is 47.0 Å². The van der Waals surface area contributed by atoms with E-state index in [1.54, 1.807) is 6.33 Å². The number of halogens is 1.